The van der Waals surface area contributed by atoms with Gasteiger partial charge in [-0.3, -0.25) is 19.2 Å². The lowest BCUT2D eigenvalue weighted by Gasteiger charge is -2.26. The number of amides is 4. The van der Waals surface area contributed by atoms with Gasteiger partial charge in [0.1, 0.15) is 17.9 Å². The van der Waals surface area contributed by atoms with Gasteiger partial charge in [-0.25, -0.2) is 4.79 Å². The van der Waals surface area contributed by atoms with E-state index in [4.69, 9.17) is 0 Å². The molecule has 3 aliphatic rings. The lowest BCUT2D eigenvalue weighted by atomic mass is 9.87. The first kappa shape index (κ1) is 15.2. The number of nitrogens with one attached hydrogen (secondary N) is 2. The zero-order valence-electron chi connectivity index (χ0n) is 13.8. The van der Waals surface area contributed by atoms with Gasteiger partial charge in [0.25, 0.3) is 5.91 Å². The van der Waals surface area contributed by atoms with Gasteiger partial charge in [0.15, 0.2) is 0 Å². The molecule has 2 aliphatic carbocycles. The molecule has 24 heavy (non-hydrogen) atoms. The molecule has 2 N–H and O–H groups in total. The summed E-state index contributed by atoms with van der Waals surface area (Å²) in [5.41, 5.74) is 0.0322. The van der Waals surface area contributed by atoms with Crippen LogP contribution in [-0.4, -0.2) is 44.6 Å². The summed E-state index contributed by atoms with van der Waals surface area (Å²) in [6, 6.07) is 1.29. The smallest absolute Gasteiger partial charge is 0.323 e. The Kier molecular flexibility index (Phi) is 3.20. The van der Waals surface area contributed by atoms with Gasteiger partial charge in [-0.05, 0) is 44.4 Å². The van der Waals surface area contributed by atoms with E-state index in [1.807, 2.05) is 6.92 Å². The van der Waals surface area contributed by atoms with Gasteiger partial charge in [-0.1, -0.05) is 0 Å². The number of anilines is 1. The molecule has 3 fully saturated rings. The lowest BCUT2D eigenvalue weighted by molar-refractivity contribution is -0.135. The van der Waals surface area contributed by atoms with Crippen LogP contribution in [-0.2, 0) is 16.6 Å². The third-order valence-electron chi connectivity index (χ3n) is 5.17. The molecule has 1 aliphatic heterocycles. The summed E-state index contributed by atoms with van der Waals surface area (Å²) < 4.78 is 1.55. The minimum atomic E-state index is -0.750. The molecule has 8 heteroatoms. The number of aryl methyl sites for hydroxylation is 2. The Morgan fingerprint density at radius 3 is 2.46 bits per heavy atom. The Balaban J connectivity index is 1.48. The van der Waals surface area contributed by atoms with Crippen LogP contribution in [0.4, 0.5) is 10.6 Å². The van der Waals surface area contributed by atoms with Crippen molar-refractivity contribution in [1.29, 1.82) is 0 Å². The number of carbonyl (C=O) groups is 3. The van der Waals surface area contributed by atoms with Crippen LogP contribution >= 0.6 is 0 Å². The molecule has 0 spiro atoms. The van der Waals surface area contributed by atoms with E-state index in [1.165, 1.54) is 0 Å². The summed E-state index contributed by atoms with van der Waals surface area (Å²) in [6.45, 7) is 1.56. The highest BCUT2D eigenvalue weighted by molar-refractivity contribution is 6.10. The molecule has 0 bridgehead atoms. The first-order valence-electron chi connectivity index (χ1n) is 8.36. The van der Waals surface area contributed by atoms with Crippen molar-refractivity contribution in [3.63, 3.8) is 0 Å². The average Bonchev–Trinajstić information content (AvgIpc) is 3.42. The normalized spacial score (nSPS) is 22.7. The van der Waals surface area contributed by atoms with Crippen LogP contribution in [0.5, 0.6) is 0 Å². The van der Waals surface area contributed by atoms with Crippen molar-refractivity contribution in [3.8, 4) is 0 Å². The van der Waals surface area contributed by atoms with E-state index >= 15 is 0 Å². The van der Waals surface area contributed by atoms with E-state index < -0.39 is 17.5 Å². The first-order valence-corrected chi connectivity index (χ1v) is 8.36. The zero-order chi connectivity index (χ0) is 17.1. The summed E-state index contributed by atoms with van der Waals surface area (Å²) in [5.74, 6) is 0.376. The highest BCUT2D eigenvalue weighted by Crippen LogP contribution is 2.54. The summed E-state index contributed by atoms with van der Waals surface area (Å²) in [6.07, 6.45) is 3.88. The van der Waals surface area contributed by atoms with Crippen molar-refractivity contribution in [1.82, 2.24) is 20.0 Å². The molecule has 1 saturated heterocycles. The quantitative estimate of drug-likeness (QED) is 0.779. The topological polar surface area (TPSA) is 96.3 Å². The number of carbonyl (C=O) groups excluding carboxylic acids is 3. The van der Waals surface area contributed by atoms with Crippen LogP contribution in [0.2, 0.25) is 0 Å². The van der Waals surface area contributed by atoms with E-state index in [1.54, 1.807) is 17.8 Å². The van der Waals surface area contributed by atoms with Crippen LogP contribution in [0.1, 0.15) is 31.4 Å². The minimum Gasteiger partial charge on any atom is -0.323 e. The summed E-state index contributed by atoms with van der Waals surface area (Å²) in [7, 11) is 1.72. The van der Waals surface area contributed by atoms with E-state index in [2.05, 4.69) is 15.7 Å². The van der Waals surface area contributed by atoms with Crippen molar-refractivity contribution < 1.29 is 14.4 Å². The molecule has 128 valence electrons. The molecular weight excluding hydrogens is 310 g/mol. The van der Waals surface area contributed by atoms with E-state index in [-0.39, 0.29) is 24.3 Å². The van der Waals surface area contributed by atoms with Gasteiger partial charge in [-0.2, -0.15) is 5.10 Å². The van der Waals surface area contributed by atoms with Crippen LogP contribution in [0.3, 0.4) is 0 Å². The maximum absolute atomic E-state index is 12.9. The summed E-state index contributed by atoms with van der Waals surface area (Å²) in [5, 5.41) is 9.77. The van der Waals surface area contributed by atoms with E-state index in [0.717, 1.165) is 36.3 Å². The summed E-state index contributed by atoms with van der Waals surface area (Å²) >= 11 is 0. The Bertz CT molecular complexity index is 720. The number of rotatable bonds is 5. The second-order valence-corrected chi connectivity index (χ2v) is 7.08. The number of aromatic nitrogens is 2. The molecule has 2 heterocycles. The Labute approximate surface area is 139 Å². The Morgan fingerprint density at radius 2 is 1.96 bits per heavy atom. The number of imide groups is 1. The molecule has 0 atom stereocenters. The monoisotopic (exact) mass is 331 g/mol. The highest BCUT2D eigenvalue weighted by Gasteiger charge is 2.65. The van der Waals surface area contributed by atoms with Gasteiger partial charge in [0.2, 0.25) is 5.91 Å². The van der Waals surface area contributed by atoms with Crippen LogP contribution < -0.4 is 10.6 Å². The zero-order valence-corrected chi connectivity index (χ0v) is 13.8. The molecular formula is C16H21N5O3. The van der Waals surface area contributed by atoms with Gasteiger partial charge in [-0.15, -0.1) is 0 Å². The van der Waals surface area contributed by atoms with E-state index in [9.17, 15) is 14.4 Å². The van der Waals surface area contributed by atoms with Crippen molar-refractivity contribution in [2.24, 2.45) is 18.9 Å². The molecule has 1 aromatic rings. The Morgan fingerprint density at radius 1 is 1.33 bits per heavy atom. The van der Waals surface area contributed by atoms with Gasteiger partial charge in [0.05, 0.1) is 5.69 Å². The van der Waals surface area contributed by atoms with E-state index in [0.29, 0.717) is 5.82 Å². The molecule has 4 rings (SSSR count). The molecule has 8 nitrogen and oxygen atoms in total. The van der Waals surface area contributed by atoms with Crippen LogP contribution in [0.15, 0.2) is 6.07 Å². The molecule has 0 radical (unpaired) electrons. The highest BCUT2D eigenvalue weighted by atomic mass is 16.2. The number of hydrogen-bond acceptors (Lipinski definition) is 4. The molecule has 4 amide bonds. The maximum atomic E-state index is 12.9. The van der Waals surface area contributed by atoms with Crippen molar-refractivity contribution in [2.45, 2.75) is 38.1 Å². The SMILES string of the molecule is Cc1cc(NC(=O)CN2C(=O)NC(C3CC3)(C3CC3)C2=O)n(C)n1. The average molecular weight is 331 g/mol. The molecule has 0 unspecified atom stereocenters. The van der Waals surface area contributed by atoms with Gasteiger partial charge >= 0.3 is 6.03 Å². The largest absolute Gasteiger partial charge is 0.325 e. The standard InChI is InChI=1S/C16H21N5O3/c1-9-7-12(20(2)19-9)17-13(22)8-21-14(23)16(10-3-4-10,11-5-6-11)18-15(21)24/h7,10-11H,3-6,8H2,1-2H3,(H,17,22)(H,18,24). The minimum absolute atomic E-state index is 0.228. The fourth-order valence-corrected chi connectivity index (χ4v) is 3.77. The molecule has 2 saturated carbocycles. The molecule has 1 aromatic heterocycles. The summed E-state index contributed by atoms with van der Waals surface area (Å²) in [4.78, 5) is 38.6. The molecule has 0 aromatic carbocycles. The predicted octanol–water partition coefficient (Wildman–Crippen LogP) is 0.778. The number of nitrogens with zero attached hydrogens (tertiary/aromatic N) is 3. The number of urea groups is 1. The fraction of sp³-hybridized carbons (Fsp3) is 0.625. The van der Waals surface area contributed by atoms with Crippen molar-refractivity contribution in [2.75, 3.05) is 11.9 Å². The lowest BCUT2D eigenvalue weighted by Crippen LogP contribution is -2.51. The van der Waals surface area contributed by atoms with Gasteiger partial charge in [0, 0.05) is 13.1 Å². The second kappa shape index (κ2) is 5.06. The fourth-order valence-electron chi connectivity index (χ4n) is 3.77. The first-order chi connectivity index (χ1) is 11.4. The second-order valence-electron chi connectivity index (χ2n) is 7.08. The van der Waals surface area contributed by atoms with Crippen LogP contribution in [0, 0.1) is 18.8 Å². The van der Waals surface area contributed by atoms with Crippen LogP contribution in [0.25, 0.3) is 0 Å². The third kappa shape index (κ3) is 2.28. The predicted molar refractivity (Wildman–Crippen MR) is 85.0 cm³/mol. The van der Waals surface area contributed by atoms with Gasteiger partial charge < -0.3 is 10.6 Å². The third-order valence-corrected chi connectivity index (χ3v) is 5.17. The van der Waals surface area contributed by atoms with Crippen molar-refractivity contribution >= 4 is 23.7 Å². The maximum Gasteiger partial charge on any atom is 0.325 e. The number of hydrogen-bond donors (Lipinski definition) is 2. The van der Waals surface area contributed by atoms with Crippen molar-refractivity contribution in [3.05, 3.63) is 11.8 Å². The Hall–Kier alpha value is -2.38.